The molecule has 4 nitrogen and oxygen atoms in total. The summed E-state index contributed by atoms with van der Waals surface area (Å²) >= 11 is 0. The highest BCUT2D eigenvalue weighted by Crippen LogP contribution is 2.28. The highest BCUT2D eigenvalue weighted by atomic mass is 15.2. The number of likely N-dealkylation sites (N-methyl/N-ethyl adjacent to an activating group) is 1. The van der Waals surface area contributed by atoms with E-state index in [0.717, 1.165) is 13.1 Å². The minimum Gasteiger partial charge on any atom is -0.328 e. The summed E-state index contributed by atoms with van der Waals surface area (Å²) in [6.07, 6.45) is 6.55. The Balaban J connectivity index is 2.21. The maximum absolute atomic E-state index is 4.38. The van der Waals surface area contributed by atoms with E-state index < -0.39 is 0 Å². The molecule has 0 aromatic carbocycles. The van der Waals surface area contributed by atoms with Crippen molar-refractivity contribution in [2.24, 2.45) is 5.92 Å². The van der Waals surface area contributed by atoms with Gasteiger partial charge in [-0.3, -0.25) is 0 Å². The molecule has 2 heterocycles. The van der Waals surface area contributed by atoms with Crippen molar-refractivity contribution in [2.75, 3.05) is 27.2 Å². The van der Waals surface area contributed by atoms with Crippen LogP contribution in [-0.4, -0.2) is 41.6 Å². The number of aromatic nitrogens is 2. The van der Waals surface area contributed by atoms with Crippen LogP contribution in [0.4, 0.5) is 0 Å². The van der Waals surface area contributed by atoms with E-state index >= 15 is 0 Å². The molecule has 1 fully saturated rings. The van der Waals surface area contributed by atoms with Crippen LogP contribution in [0.25, 0.3) is 0 Å². The molecule has 1 aliphatic heterocycles. The average molecular weight is 250 g/mol. The van der Waals surface area contributed by atoms with Crippen molar-refractivity contribution >= 4 is 0 Å². The lowest BCUT2D eigenvalue weighted by Crippen LogP contribution is -2.30. The van der Waals surface area contributed by atoms with Crippen molar-refractivity contribution < 1.29 is 0 Å². The predicted octanol–water partition coefficient (Wildman–Crippen LogP) is 2.07. The Morgan fingerprint density at radius 1 is 1.50 bits per heavy atom. The van der Waals surface area contributed by atoms with Crippen LogP contribution in [0.15, 0.2) is 12.5 Å². The van der Waals surface area contributed by atoms with Gasteiger partial charge in [0.25, 0.3) is 0 Å². The van der Waals surface area contributed by atoms with Crippen LogP contribution in [0, 0.1) is 5.92 Å². The number of hydrogen-bond acceptors (Lipinski definition) is 3. The molecule has 18 heavy (non-hydrogen) atoms. The summed E-state index contributed by atoms with van der Waals surface area (Å²) in [7, 11) is 4.28. The van der Waals surface area contributed by atoms with E-state index in [-0.39, 0.29) is 0 Å². The smallest absolute Gasteiger partial charge is 0.0951 e. The Hall–Kier alpha value is -0.870. The van der Waals surface area contributed by atoms with Gasteiger partial charge in [0, 0.05) is 24.8 Å². The quantitative estimate of drug-likeness (QED) is 0.868. The van der Waals surface area contributed by atoms with Crippen LogP contribution in [0.3, 0.4) is 0 Å². The second-order valence-corrected chi connectivity index (χ2v) is 5.95. The molecule has 0 spiro atoms. The van der Waals surface area contributed by atoms with Crippen molar-refractivity contribution in [3.05, 3.63) is 18.2 Å². The summed E-state index contributed by atoms with van der Waals surface area (Å²) < 4.78 is 2.38. The van der Waals surface area contributed by atoms with Gasteiger partial charge in [0.05, 0.1) is 12.0 Å². The molecule has 0 amide bonds. The summed E-state index contributed by atoms with van der Waals surface area (Å²) in [6, 6.07) is 0.996. The number of hydrogen-bond donors (Lipinski definition) is 1. The molecule has 4 heteroatoms. The van der Waals surface area contributed by atoms with Crippen molar-refractivity contribution in [1.82, 2.24) is 19.8 Å². The molecule has 0 radical (unpaired) electrons. The highest BCUT2D eigenvalue weighted by molar-refractivity contribution is 5.09. The molecule has 1 aromatic heterocycles. The normalized spacial score (nSPS) is 22.0. The largest absolute Gasteiger partial charge is 0.328 e. The Labute approximate surface area is 110 Å². The van der Waals surface area contributed by atoms with Crippen LogP contribution in [-0.2, 0) is 0 Å². The standard InChI is InChI=1S/C14H26N4/c1-11(2)14(9-17(3)4)18-10-15-8-13(18)12-6-5-7-16-12/h8,10-12,14,16H,5-7,9H2,1-4H3/t12-,14?/m0/s1. The third-order valence-electron chi connectivity index (χ3n) is 3.79. The second kappa shape index (κ2) is 5.85. The maximum atomic E-state index is 4.38. The number of imidazole rings is 1. The van der Waals surface area contributed by atoms with Gasteiger partial charge in [0.1, 0.15) is 0 Å². The summed E-state index contributed by atoms with van der Waals surface area (Å²) in [5.41, 5.74) is 1.35. The Morgan fingerprint density at radius 3 is 2.83 bits per heavy atom. The number of nitrogens with one attached hydrogen (secondary N) is 1. The van der Waals surface area contributed by atoms with Crippen molar-refractivity contribution in [2.45, 2.75) is 38.8 Å². The maximum Gasteiger partial charge on any atom is 0.0951 e. The van der Waals surface area contributed by atoms with Gasteiger partial charge in [0.15, 0.2) is 0 Å². The first-order chi connectivity index (χ1) is 8.59. The summed E-state index contributed by atoms with van der Waals surface area (Å²) in [6.45, 7) is 6.78. The van der Waals surface area contributed by atoms with E-state index in [9.17, 15) is 0 Å². The van der Waals surface area contributed by atoms with Gasteiger partial charge in [-0.15, -0.1) is 0 Å². The highest BCUT2D eigenvalue weighted by Gasteiger charge is 2.24. The Kier molecular flexibility index (Phi) is 4.40. The molecule has 1 aliphatic rings. The monoisotopic (exact) mass is 250 g/mol. The minimum atomic E-state index is 0.496. The summed E-state index contributed by atoms with van der Waals surface area (Å²) in [4.78, 5) is 6.64. The zero-order chi connectivity index (χ0) is 13.1. The lowest BCUT2D eigenvalue weighted by molar-refractivity contribution is 0.262. The molecule has 102 valence electrons. The average Bonchev–Trinajstić information content (AvgIpc) is 2.95. The van der Waals surface area contributed by atoms with E-state index in [0.29, 0.717) is 18.0 Å². The van der Waals surface area contributed by atoms with Gasteiger partial charge in [-0.25, -0.2) is 4.98 Å². The lowest BCUT2D eigenvalue weighted by Gasteiger charge is -2.28. The molecule has 2 atom stereocenters. The second-order valence-electron chi connectivity index (χ2n) is 5.95. The van der Waals surface area contributed by atoms with E-state index in [4.69, 9.17) is 0 Å². The van der Waals surface area contributed by atoms with E-state index in [1.54, 1.807) is 0 Å². The van der Waals surface area contributed by atoms with E-state index in [1.807, 2.05) is 12.5 Å². The van der Waals surface area contributed by atoms with Gasteiger partial charge >= 0.3 is 0 Å². The molecule has 1 aromatic rings. The first-order valence-electron chi connectivity index (χ1n) is 6.99. The fourth-order valence-corrected chi connectivity index (χ4v) is 2.79. The summed E-state index contributed by atoms with van der Waals surface area (Å²) in [5.74, 6) is 0.613. The number of nitrogens with zero attached hydrogens (tertiary/aromatic N) is 3. The SMILES string of the molecule is CC(C)C(CN(C)C)n1cncc1[C@@H]1CCCN1. The van der Waals surface area contributed by atoms with Crippen molar-refractivity contribution in [3.8, 4) is 0 Å². The van der Waals surface area contributed by atoms with Crippen molar-refractivity contribution in [3.63, 3.8) is 0 Å². The Bertz CT molecular complexity index is 364. The topological polar surface area (TPSA) is 33.1 Å². The first kappa shape index (κ1) is 13.6. The Morgan fingerprint density at radius 2 is 2.28 bits per heavy atom. The fourth-order valence-electron chi connectivity index (χ4n) is 2.79. The number of rotatable bonds is 5. The molecule has 1 unspecified atom stereocenters. The molecular weight excluding hydrogens is 224 g/mol. The molecule has 0 aliphatic carbocycles. The molecule has 1 N–H and O–H groups in total. The van der Waals surface area contributed by atoms with Gasteiger partial charge in [-0.05, 0) is 39.4 Å². The zero-order valence-electron chi connectivity index (χ0n) is 12.1. The molecular formula is C14H26N4. The van der Waals surface area contributed by atoms with Crippen LogP contribution >= 0.6 is 0 Å². The van der Waals surface area contributed by atoms with E-state index in [2.05, 4.69) is 47.7 Å². The van der Waals surface area contributed by atoms with Crippen LogP contribution in [0.2, 0.25) is 0 Å². The van der Waals surface area contributed by atoms with Gasteiger partial charge < -0.3 is 14.8 Å². The van der Waals surface area contributed by atoms with Crippen LogP contribution in [0.1, 0.15) is 44.5 Å². The van der Waals surface area contributed by atoms with Gasteiger partial charge in [-0.1, -0.05) is 13.8 Å². The van der Waals surface area contributed by atoms with Crippen molar-refractivity contribution in [1.29, 1.82) is 0 Å². The minimum absolute atomic E-state index is 0.496. The zero-order valence-corrected chi connectivity index (χ0v) is 12.1. The van der Waals surface area contributed by atoms with Gasteiger partial charge in [-0.2, -0.15) is 0 Å². The fraction of sp³-hybridized carbons (Fsp3) is 0.786. The van der Waals surface area contributed by atoms with Crippen LogP contribution in [0.5, 0.6) is 0 Å². The molecule has 0 bridgehead atoms. The molecule has 0 saturated carbocycles. The van der Waals surface area contributed by atoms with Crippen LogP contribution < -0.4 is 5.32 Å². The summed E-state index contributed by atoms with van der Waals surface area (Å²) in [5, 5.41) is 3.57. The predicted molar refractivity (Wildman–Crippen MR) is 74.6 cm³/mol. The third kappa shape index (κ3) is 2.93. The molecule has 2 rings (SSSR count). The lowest BCUT2D eigenvalue weighted by atomic mass is 10.0. The molecule has 1 saturated heterocycles. The first-order valence-corrected chi connectivity index (χ1v) is 6.99. The van der Waals surface area contributed by atoms with E-state index in [1.165, 1.54) is 18.5 Å². The van der Waals surface area contributed by atoms with Gasteiger partial charge in [0.2, 0.25) is 0 Å². The third-order valence-corrected chi connectivity index (χ3v) is 3.79.